The zero-order valence-electron chi connectivity index (χ0n) is 14.4. The molecule has 0 spiro atoms. The Labute approximate surface area is 146 Å². The minimum Gasteiger partial charge on any atom is -0.465 e. The SMILES string of the molecule is CCCCCNc1ncc(C(=O)Nc2cccc(C(=O)OC)c2)cn1. The van der Waals surface area contributed by atoms with Crippen molar-refractivity contribution in [1.82, 2.24) is 9.97 Å². The first-order chi connectivity index (χ1) is 12.1. The molecule has 0 unspecified atom stereocenters. The smallest absolute Gasteiger partial charge is 0.337 e. The maximum Gasteiger partial charge on any atom is 0.337 e. The van der Waals surface area contributed by atoms with Crippen LogP contribution in [0.3, 0.4) is 0 Å². The second-order valence-electron chi connectivity index (χ2n) is 5.46. The number of benzene rings is 1. The number of anilines is 2. The quantitative estimate of drug-likeness (QED) is 0.565. The summed E-state index contributed by atoms with van der Waals surface area (Å²) in [6.07, 6.45) is 6.29. The highest BCUT2D eigenvalue weighted by Gasteiger charge is 2.10. The molecular formula is C18H22N4O3. The van der Waals surface area contributed by atoms with Gasteiger partial charge in [-0.25, -0.2) is 14.8 Å². The zero-order chi connectivity index (χ0) is 18.1. The molecule has 0 bridgehead atoms. The number of unbranched alkanes of at least 4 members (excludes halogenated alkanes) is 2. The molecule has 1 aromatic carbocycles. The van der Waals surface area contributed by atoms with Gasteiger partial charge in [-0.15, -0.1) is 0 Å². The predicted molar refractivity (Wildman–Crippen MR) is 95.8 cm³/mol. The van der Waals surface area contributed by atoms with Crippen LogP contribution in [0, 0.1) is 0 Å². The van der Waals surface area contributed by atoms with Crippen LogP contribution < -0.4 is 10.6 Å². The molecule has 7 nitrogen and oxygen atoms in total. The average molecular weight is 342 g/mol. The number of esters is 1. The van der Waals surface area contributed by atoms with Crippen LogP contribution in [0.25, 0.3) is 0 Å². The summed E-state index contributed by atoms with van der Waals surface area (Å²) in [6.45, 7) is 2.95. The number of ether oxygens (including phenoxy) is 1. The van der Waals surface area contributed by atoms with E-state index in [1.54, 1.807) is 24.3 Å². The Morgan fingerprint density at radius 2 is 1.88 bits per heavy atom. The summed E-state index contributed by atoms with van der Waals surface area (Å²) in [5, 5.41) is 5.83. The third-order valence-electron chi connectivity index (χ3n) is 3.52. The monoisotopic (exact) mass is 342 g/mol. The van der Waals surface area contributed by atoms with Crippen molar-refractivity contribution in [3.05, 3.63) is 47.8 Å². The fourth-order valence-electron chi connectivity index (χ4n) is 2.16. The molecule has 2 N–H and O–H groups in total. The van der Waals surface area contributed by atoms with E-state index in [9.17, 15) is 9.59 Å². The summed E-state index contributed by atoms with van der Waals surface area (Å²) in [5.41, 5.74) is 1.19. The fraction of sp³-hybridized carbons (Fsp3) is 0.333. The summed E-state index contributed by atoms with van der Waals surface area (Å²) < 4.78 is 4.66. The molecule has 2 aromatic rings. The van der Waals surface area contributed by atoms with Crippen molar-refractivity contribution in [1.29, 1.82) is 0 Å². The number of nitrogens with zero attached hydrogens (tertiary/aromatic N) is 2. The average Bonchev–Trinajstić information content (AvgIpc) is 2.65. The Hall–Kier alpha value is -2.96. The molecule has 1 aromatic heterocycles. The van der Waals surface area contributed by atoms with Crippen molar-refractivity contribution in [2.75, 3.05) is 24.3 Å². The first-order valence-electron chi connectivity index (χ1n) is 8.19. The third kappa shape index (κ3) is 5.56. The van der Waals surface area contributed by atoms with E-state index in [1.807, 2.05) is 0 Å². The first kappa shape index (κ1) is 18.4. The number of rotatable bonds is 8. The van der Waals surface area contributed by atoms with Gasteiger partial charge in [-0.2, -0.15) is 0 Å². The van der Waals surface area contributed by atoms with Crippen molar-refractivity contribution >= 4 is 23.5 Å². The van der Waals surface area contributed by atoms with E-state index in [0.29, 0.717) is 22.8 Å². The number of nitrogens with one attached hydrogen (secondary N) is 2. The van der Waals surface area contributed by atoms with Gasteiger partial charge in [0.2, 0.25) is 5.95 Å². The van der Waals surface area contributed by atoms with Gasteiger partial charge >= 0.3 is 5.97 Å². The molecule has 0 aliphatic carbocycles. The van der Waals surface area contributed by atoms with Crippen LogP contribution in [-0.2, 0) is 4.74 Å². The Balaban J connectivity index is 1.95. The van der Waals surface area contributed by atoms with E-state index >= 15 is 0 Å². The van der Waals surface area contributed by atoms with Crippen molar-refractivity contribution in [2.45, 2.75) is 26.2 Å². The summed E-state index contributed by atoms with van der Waals surface area (Å²) in [4.78, 5) is 32.1. The second-order valence-corrected chi connectivity index (χ2v) is 5.46. The van der Waals surface area contributed by atoms with E-state index in [-0.39, 0.29) is 5.91 Å². The molecule has 0 aliphatic rings. The van der Waals surface area contributed by atoms with E-state index in [2.05, 4.69) is 32.3 Å². The minimum atomic E-state index is -0.460. The Bertz CT molecular complexity index is 717. The molecule has 0 saturated heterocycles. The Kier molecular flexibility index (Phi) is 6.88. The van der Waals surface area contributed by atoms with E-state index in [1.165, 1.54) is 19.5 Å². The molecule has 0 atom stereocenters. The third-order valence-corrected chi connectivity index (χ3v) is 3.52. The first-order valence-corrected chi connectivity index (χ1v) is 8.19. The van der Waals surface area contributed by atoms with Crippen LogP contribution in [0.1, 0.15) is 46.9 Å². The van der Waals surface area contributed by atoms with Gasteiger partial charge in [0.25, 0.3) is 5.91 Å². The highest BCUT2D eigenvalue weighted by molar-refractivity contribution is 6.04. The van der Waals surface area contributed by atoms with Crippen LogP contribution in [0.4, 0.5) is 11.6 Å². The van der Waals surface area contributed by atoms with Crippen LogP contribution in [0.2, 0.25) is 0 Å². The van der Waals surface area contributed by atoms with Crippen molar-refractivity contribution in [2.24, 2.45) is 0 Å². The molecule has 132 valence electrons. The zero-order valence-corrected chi connectivity index (χ0v) is 14.4. The van der Waals surface area contributed by atoms with Crippen molar-refractivity contribution in [3.8, 4) is 0 Å². The molecule has 0 aliphatic heterocycles. The normalized spacial score (nSPS) is 10.2. The lowest BCUT2D eigenvalue weighted by Gasteiger charge is -2.07. The maximum atomic E-state index is 12.2. The minimum absolute atomic E-state index is 0.336. The number of carbonyl (C=O) groups is 2. The summed E-state index contributed by atoms with van der Waals surface area (Å²) in [5.74, 6) is -0.308. The molecular weight excluding hydrogens is 320 g/mol. The summed E-state index contributed by atoms with van der Waals surface area (Å²) >= 11 is 0. The summed E-state index contributed by atoms with van der Waals surface area (Å²) in [6, 6.07) is 6.52. The largest absolute Gasteiger partial charge is 0.465 e. The van der Waals surface area contributed by atoms with Gasteiger partial charge in [-0.1, -0.05) is 25.8 Å². The van der Waals surface area contributed by atoms with Gasteiger partial charge in [0.05, 0.1) is 18.2 Å². The van der Waals surface area contributed by atoms with Gasteiger partial charge in [-0.05, 0) is 24.6 Å². The number of hydrogen-bond acceptors (Lipinski definition) is 6. The van der Waals surface area contributed by atoms with Crippen LogP contribution in [0.15, 0.2) is 36.7 Å². The summed E-state index contributed by atoms with van der Waals surface area (Å²) in [7, 11) is 1.31. The van der Waals surface area contributed by atoms with Gasteiger partial charge < -0.3 is 15.4 Å². The van der Waals surface area contributed by atoms with E-state index in [0.717, 1.165) is 25.8 Å². The second kappa shape index (κ2) is 9.36. The van der Waals surface area contributed by atoms with Gasteiger partial charge in [0.1, 0.15) is 0 Å². The van der Waals surface area contributed by atoms with Gasteiger partial charge in [0, 0.05) is 24.6 Å². The van der Waals surface area contributed by atoms with Crippen molar-refractivity contribution < 1.29 is 14.3 Å². The van der Waals surface area contributed by atoms with Crippen LogP contribution in [-0.4, -0.2) is 35.5 Å². The van der Waals surface area contributed by atoms with E-state index in [4.69, 9.17) is 0 Å². The topological polar surface area (TPSA) is 93.2 Å². The maximum absolute atomic E-state index is 12.2. The van der Waals surface area contributed by atoms with Gasteiger partial charge in [0.15, 0.2) is 0 Å². The van der Waals surface area contributed by atoms with Crippen LogP contribution in [0.5, 0.6) is 0 Å². The van der Waals surface area contributed by atoms with Crippen molar-refractivity contribution in [3.63, 3.8) is 0 Å². The lowest BCUT2D eigenvalue weighted by Crippen LogP contribution is -2.14. The standard InChI is InChI=1S/C18H22N4O3/c1-3-4-5-9-19-18-20-11-14(12-21-18)16(23)22-15-8-6-7-13(10-15)17(24)25-2/h6-8,10-12H,3-5,9H2,1-2H3,(H,22,23)(H,19,20,21). The lowest BCUT2D eigenvalue weighted by atomic mass is 10.2. The molecule has 1 heterocycles. The molecule has 0 saturated carbocycles. The molecule has 7 heteroatoms. The molecule has 0 radical (unpaired) electrons. The highest BCUT2D eigenvalue weighted by Crippen LogP contribution is 2.13. The number of carbonyl (C=O) groups excluding carboxylic acids is 2. The molecule has 2 rings (SSSR count). The number of aromatic nitrogens is 2. The highest BCUT2D eigenvalue weighted by atomic mass is 16.5. The van der Waals surface area contributed by atoms with Gasteiger partial charge in [-0.3, -0.25) is 4.79 Å². The number of methoxy groups -OCH3 is 1. The molecule has 0 fully saturated rings. The lowest BCUT2D eigenvalue weighted by molar-refractivity contribution is 0.0600. The van der Waals surface area contributed by atoms with Crippen LogP contribution >= 0.6 is 0 Å². The van der Waals surface area contributed by atoms with E-state index < -0.39 is 5.97 Å². The predicted octanol–water partition coefficient (Wildman–Crippen LogP) is 3.12. The fourth-order valence-corrected chi connectivity index (χ4v) is 2.16. The Morgan fingerprint density at radius 1 is 1.12 bits per heavy atom. The number of amides is 1. The Morgan fingerprint density at radius 3 is 2.56 bits per heavy atom. The molecule has 25 heavy (non-hydrogen) atoms. The molecule has 1 amide bonds. The number of hydrogen-bond donors (Lipinski definition) is 2.